The minimum absolute atomic E-state index is 0.320. The topological polar surface area (TPSA) is 108 Å². The molecule has 7 heteroatoms. The Morgan fingerprint density at radius 3 is 2.43 bits per heavy atom. The SMILES string of the molecule is Cc1ccc(C)c(OCC(=O)O[C@H](C(=O)NC(N)=O)C(C)C)c1. The van der Waals surface area contributed by atoms with E-state index in [1.165, 1.54) is 0 Å². The molecule has 0 aliphatic carbocycles. The number of nitrogens with one attached hydrogen (secondary N) is 1. The van der Waals surface area contributed by atoms with Gasteiger partial charge in [-0.15, -0.1) is 0 Å². The van der Waals surface area contributed by atoms with Crippen molar-refractivity contribution in [3.05, 3.63) is 29.3 Å². The molecule has 7 nitrogen and oxygen atoms in total. The number of aryl methyl sites for hydroxylation is 2. The molecule has 0 saturated heterocycles. The summed E-state index contributed by atoms with van der Waals surface area (Å²) < 4.78 is 10.5. The zero-order valence-corrected chi connectivity index (χ0v) is 13.7. The van der Waals surface area contributed by atoms with Crippen LogP contribution >= 0.6 is 0 Å². The van der Waals surface area contributed by atoms with Gasteiger partial charge < -0.3 is 15.2 Å². The van der Waals surface area contributed by atoms with Gasteiger partial charge in [0.15, 0.2) is 12.7 Å². The van der Waals surface area contributed by atoms with E-state index in [2.05, 4.69) is 0 Å². The van der Waals surface area contributed by atoms with Gasteiger partial charge in [-0.25, -0.2) is 9.59 Å². The van der Waals surface area contributed by atoms with Gasteiger partial charge in [0.25, 0.3) is 5.91 Å². The van der Waals surface area contributed by atoms with E-state index in [1.54, 1.807) is 13.8 Å². The molecule has 0 fully saturated rings. The molecule has 0 bridgehead atoms. The standard InChI is InChI=1S/C16H22N2O5/c1-9(2)14(15(20)18-16(17)21)23-13(19)8-22-12-7-10(3)5-6-11(12)4/h5-7,9,14H,8H2,1-4H3,(H3,17,18,20,21)/t14-/m0/s1. The number of esters is 1. The van der Waals surface area contributed by atoms with Crippen molar-refractivity contribution in [2.24, 2.45) is 11.7 Å². The minimum Gasteiger partial charge on any atom is -0.482 e. The Balaban J connectivity index is 2.64. The number of urea groups is 1. The van der Waals surface area contributed by atoms with Crippen molar-refractivity contribution in [2.45, 2.75) is 33.8 Å². The van der Waals surface area contributed by atoms with Gasteiger partial charge in [-0.3, -0.25) is 10.1 Å². The Morgan fingerprint density at radius 1 is 1.22 bits per heavy atom. The summed E-state index contributed by atoms with van der Waals surface area (Å²) in [5.74, 6) is -1.21. The molecule has 23 heavy (non-hydrogen) atoms. The van der Waals surface area contributed by atoms with Gasteiger partial charge in [-0.05, 0) is 37.0 Å². The summed E-state index contributed by atoms with van der Waals surface area (Å²) in [5, 5.41) is 1.90. The molecule has 0 radical (unpaired) electrons. The van der Waals surface area contributed by atoms with E-state index >= 15 is 0 Å². The van der Waals surface area contributed by atoms with Gasteiger partial charge in [0, 0.05) is 0 Å². The Hall–Kier alpha value is -2.57. The number of hydrogen-bond acceptors (Lipinski definition) is 5. The second-order valence-corrected chi connectivity index (χ2v) is 5.57. The maximum Gasteiger partial charge on any atom is 0.344 e. The quantitative estimate of drug-likeness (QED) is 0.771. The van der Waals surface area contributed by atoms with Crippen molar-refractivity contribution in [3.63, 3.8) is 0 Å². The van der Waals surface area contributed by atoms with Crippen LogP contribution in [0.3, 0.4) is 0 Å². The first kappa shape index (κ1) is 18.5. The molecule has 0 unspecified atom stereocenters. The van der Waals surface area contributed by atoms with E-state index < -0.39 is 24.0 Å². The lowest BCUT2D eigenvalue weighted by molar-refractivity contribution is -0.160. The van der Waals surface area contributed by atoms with Crippen molar-refractivity contribution in [1.82, 2.24) is 5.32 Å². The van der Waals surface area contributed by atoms with Crippen molar-refractivity contribution in [2.75, 3.05) is 6.61 Å². The number of hydrogen-bond donors (Lipinski definition) is 2. The van der Waals surface area contributed by atoms with E-state index in [1.807, 2.05) is 37.4 Å². The summed E-state index contributed by atoms with van der Waals surface area (Å²) in [6.45, 7) is 6.80. The number of amides is 3. The lowest BCUT2D eigenvalue weighted by Crippen LogP contribution is -2.46. The fourth-order valence-electron chi connectivity index (χ4n) is 1.86. The largest absolute Gasteiger partial charge is 0.482 e. The number of primary amides is 1. The molecular weight excluding hydrogens is 300 g/mol. The third-order valence-corrected chi connectivity index (χ3v) is 3.06. The van der Waals surface area contributed by atoms with Gasteiger partial charge in [0.2, 0.25) is 0 Å². The number of ether oxygens (including phenoxy) is 2. The highest BCUT2D eigenvalue weighted by Gasteiger charge is 2.27. The van der Waals surface area contributed by atoms with Crippen LogP contribution in [0.25, 0.3) is 0 Å². The van der Waals surface area contributed by atoms with Crippen LogP contribution in [0, 0.1) is 19.8 Å². The van der Waals surface area contributed by atoms with Crippen LogP contribution in [0.2, 0.25) is 0 Å². The van der Waals surface area contributed by atoms with Crippen LogP contribution in [0.15, 0.2) is 18.2 Å². The van der Waals surface area contributed by atoms with E-state index in [0.717, 1.165) is 11.1 Å². The highest BCUT2D eigenvalue weighted by molar-refractivity contribution is 5.96. The maximum absolute atomic E-state index is 11.9. The van der Waals surface area contributed by atoms with Crippen LogP contribution in [0.4, 0.5) is 4.79 Å². The smallest absolute Gasteiger partial charge is 0.344 e. The normalized spacial score (nSPS) is 11.7. The first-order valence-electron chi connectivity index (χ1n) is 7.20. The monoisotopic (exact) mass is 322 g/mol. The first-order chi connectivity index (χ1) is 10.7. The molecule has 0 spiro atoms. The van der Waals surface area contributed by atoms with E-state index in [-0.39, 0.29) is 12.5 Å². The van der Waals surface area contributed by atoms with Crippen LogP contribution in [0.1, 0.15) is 25.0 Å². The minimum atomic E-state index is -1.11. The molecule has 0 saturated carbocycles. The molecule has 1 aromatic rings. The Labute approximate surface area is 135 Å². The predicted molar refractivity (Wildman–Crippen MR) is 83.9 cm³/mol. The second-order valence-electron chi connectivity index (χ2n) is 5.57. The average molecular weight is 322 g/mol. The third-order valence-electron chi connectivity index (χ3n) is 3.06. The Bertz CT molecular complexity index is 598. The molecule has 0 aliphatic heterocycles. The van der Waals surface area contributed by atoms with E-state index in [9.17, 15) is 14.4 Å². The van der Waals surface area contributed by atoms with Crippen LogP contribution < -0.4 is 15.8 Å². The van der Waals surface area contributed by atoms with Crippen LogP contribution in [-0.4, -0.2) is 30.6 Å². The lowest BCUT2D eigenvalue weighted by atomic mass is 10.1. The number of rotatable bonds is 6. The molecule has 3 amide bonds. The highest BCUT2D eigenvalue weighted by Crippen LogP contribution is 2.19. The zero-order chi connectivity index (χ0) is 17.6. The summed E-state index contributed by atoms with van der Waals surface area (Å²) in [6, 6.07) is 4.63. The van der Waals surface area contributed by atoms with Gasteiger partial charge >= 0.3 is 12.0 Å². The number of nitrogens with two attached hydrogens (primary N) is 1. The molecule has 1 rings (SSSR count). The van der Waals surface area contributed by atoms with E-state index in [4.69, 9.17) is 15.2 Å². The molecule has 1 aromatic carbocycles. The zero-order valence-electron chi connectivity index (χ0n) is 13.7. The van der Waals surface area contributed by atoms with Crippen molar-refractivity contribution >= 4 is 17.9 Å². The maximum atomic E-state index is 11.9. The van der Waals surface area contributed by atoms with Crippen molar-refractivity contribution in [1.29, 1.82) is 0 Å². The molecular formula is C16H22N2O5. The van der Waals surface area contributed by atoms with Gasteiger partial charge in [-0.2, -0.15) is 0 Å². The summed E-state index contributed by atoms with van der Waals surface area (Å²) in [6.07, 6.45) is -1.11. The van der Waals surface area contributed by atoms with Crippen LogP contribution in [0.5, 0.6) is 5.75 Å². The number of carbonyl (C=O) groups excluding carboxylic acids is 3. The number of imide groups is 1. The molecule has 1 atom stereocenters. The van der Waals surface area contributed by atoms with Gasteiger partial charge in [0.05, 0.1) is 0 Å². The molecule has 0 aliphatic rings. The lowest BCUT2D eigenvalue weighted by Gasteiger charge is -2.20. The summed E-state index contributed by atoms with van der Waals surface area (Å²) >= 11 is 0. The fraction of sp³-hybridized carbons (Fsp3) is 0.438. The van der Waals surface area contributed by atoms with Crippen molar-refractivity contribution in [3.8, 4) is 5.75 Å². The first-order valence-corrected chi connectivity index (χ1v) is 7.20. The Kier molecular flexibility index (Phi) is 6.56. The summed E-state index contributed by atoms with van der Waals surface area (Å²) in [5.41, 5.74) is 6.78. The van der Waals surface area contributed by atoms with E-state index in [0.29, 0.717) is 5.75 Å². The predicted octanol–water partition coefficient (Wildman–Crippen LogP) is 1.44. The molecule has 0 aromatic heterocycles. The summed E-state index contributed by atoms with van der Waals surface area (Å²) in [7, 11) is 0. The van der Waals surface area contributed by atoms with Crippen LogP contribution in [-0.2, 0) is 14.3 Å². The second kappa shape index (κ2) is 8.17. The fourth-order valence-corrected chi connectivity index (χ4v) is 1.86. The third kappa shape index (κ3) is 5.98. The number of carbonyl (C=O) groups is 3. The van der Waals surface area contributed by atoms with Gasteiger partial charge in [-0.1, -0.05) is 26.0 Å². The Morgan fingerprint density at radius 2 is 1.87 bits per heavy atom. The molecule has 126 valence electrons. The molecule has 0 heterocycles. The van der Waals surface area contributed by atoms with Gasteiger partial charge in [0.1, 0.15) is 5.75 Å². The highest BCUT2D eigenvalue weighted by atomic mass is 16.6. The average Bonchev–Trinajstić information content (AvgIpc) is 2.44. The number of benzene rings is 1. The van der Waals surface area contributed by atoms with Crippen molar-refractivity contribution < 1.29 is 23.9 Å². The summed E-state index contributed by atoms with van der Waals surface area (Å²) in [4.78, 5) is 34.4. The molecule has 3 N–H and O–H groups in total.